The Morgan fingerprint density at radius 1 is 1.31 bits per heavy atom. The van der Waals surface area contributed by atoms with Crippen LogP contribution < -0.4 is 10.2 Å². The maximum Gasteiger partial charge on any atom is 0.242 e. The first-order valence-electron chi connectivity index (χ1n) is 10.3. The zero-order valence-electron chi connectivity index (χ0n) is 17.7. The summed E-state index contributed by atoms with van der Waals surface area (Å²) in [6.07, 6.45) is 3.64. The first-order valence-corrected chi connectivity index (χ1v) is 10.3. The molecule has 0 aromatic carbocycles. The number of carbonyl (C=O) groups is 1. The first-order chi connectivity index (χ1) is 13.8. The van der Waals surface area contributed by atoms with Crippen LogP contribution in [0.5, 0.6) is 0 Å². The van der Waals surface area contributed by atoms with E-state index in [1.165, 1.54) is 0 Å². The summed E-state index contributed by atoms with van der Waals surface area (Å²) in [7, 11) is 0. The monoisotopic (exact) mass is 398 g/mol. The predicted octanol–water partition coefficient (Wildman–Crippen LogP) is 1.96. The van der Waals surface area contributed by atoms with Gasteiger partial charge in [-0.2, -0.15) is 5.10 Å². The number of ether oxygens (including phenoxy) is 1. The third-order valence-corrected chi connectivity index (χ3v) is 5.69. The lowest BCUT2D eigenvalue weighted by Gasteiger charge is -2.37. The second-order valence-corrected chi connectivity index (χ2v) is 8.92. The van der Waals surface area contributed by atoms with Crippen LogP contribution >= 0.6 is 0 Å². The summed E-state index contributed by atoms with van der Waals surface area (Å²) < 4.78 is 7.18. The summed E-state index contributed by atoms with van der Waals surface area (Å²) in [5, 5.41) is 7.60. The van der Waals surface area contributed by atoms with E-state index in [0.29, 0.717) is 13.2 Å². The number of aryl methyl sites for hydroxylation is 2. The van der Waals surface area contributed by atoms with Crippen molar-refractivity contribution in [2.24, 2.45) is 5.41 Å². The van der Waals surface area contributed by atoms with Gasteiger partial charge in [0.15, 0.2) is 0 Å². The highest BCUT2D eigenvalue weighted by molar-refractivity contribution is 5.76. The Balaban J connectivity index is 1.53. The second kappa shape index (κ2) is 7.74. The molecule has 29 heavy (non-hydrogen) atoms. The van der Waals surface area contributed by atoms with Crippen molar-refractivity contribution in [3.63, 3.8) is 0 Å². The molecule has 3 heterocycles. The van der Waals surface area contributed by atoms with Crippen LogP contribution in [0.3, 0.4) is 0 Å². The number of morpholine rings is 1. The number of nitrogens with one attached hydrogen (secondary N) is 1. The molecule has 1 amide bonds. The third-order valence-electron chi connectivity index (χ3n) is 5.69. The van der Waals surface area contributed by atoms with Crippen molar-refractivity contribution in [3.8, 4) is 0 Å². The minimum absolute atomic E-state index is 0.0397. The number of fused-ring (bicyclic) bond motifs is 1. The van der Waals surface area contributed by atoms with E-state index >= 15 is 0 Å². The molecule has 8 heteroatoms. The van der Waals surface area contributed by atoms with E-state index in [1.807, 2.05) is 26.1 Å². The predicted molar refractivity (Wildman–Crippen MR) is 110 cm³/mol. The van der Waals surface area contributed by atoms with Crippen molar-refractivity contribution >= 4 is 11.9 Å². The van der Waals surface area contributed by atoms with Crippen molar-refractivity contribution < 1.29 is 9.53 Å². The number of aromatic nitrogens is 4. The standard InChI is InChI=1S/C21H30N6O2/c1-14-9-15(2)27(25-14)13-19(28)23-17-10-21(3,4)11-18-16(17)12-22-20(24-18)26-5-7-29-8-6-26/h9,12,17H,5-8,10-11,13H2,1-4H3,(H,23,28). The molecule has 0 spiro atoms. The summed E-state index contributed by atoms with van der Waals surface area (Å²) in [4.78, 5) is 24.4. The van der Waals surface area contributed by atoms with Gasteiger partial charge in [-0.1, -0.05) is 13.8 Å². The molecule has 4 rings (SSSR count). The Labute approximate surface area is 171 Å². The van der Waals surface area contributed by atoms with Gasteiger partial charge in [0.2, 0.25) is 11.9 Å². The number of hydrogen-bond donors (Lipinski definition) is 1. The molecule has 2 aromatic rings. The number of hydrogen-bond acceptors (Lipinski definition) is 6. The largest absolute Gasteiger partial charge is 0.378 e. The van der Waals surface area contributed by atoms with E-state index in [9.17, 15) is 4.79 Å². The van der Waals surface area contributed by atoms with E-state index in [0.717, 1.165) is 54.5 Å². The summed E-state index contributed by atoms with van der Waals surface area (Å²) in [6.45, 7) is 11.6. The fraction of sp³-hybridized carbons (Fsp3) is 0.619. The highest BCUT2D eigenvalue weighted by Gasteiger charge is 2.35. The molecule has 0 saturated carbocycles. The summed E-state index contributed by atoms with van der Waals surface area (Å²) in [6, 6.07) is 1.89. The number of anilines is 1. The summed E-state index contributed by atoms with van der Waals surface area (Å²) >= 11 is 0. The number of amides is 1. The van der Waals surface area contributed by atoms with Crippen LogP contribution in [0, 0.1) is 19.3 Å². The molecule has 8 nitrogen and oxygen atoms in total. The molecule has 1 unspecified atom stereocenters. The molecule has 2 aliphatic rings. The molecule has 0 radical (unpaired) electrons. The van der Waals surface area contributed by atoms with Gasteiger partial charge in [0.1, 0.15) is 6.54 Å². The van der Waals surface area contributed by atoms with Crippen molar-refractivity contribution in [3.05, 3.63) is 34.9 Å². The molecule has 1 saturated heterocycles. The van der Waals surface area contributed by atoms with Gasteiger partial charge in [0, 0.05) is 30.5 Å². The van der Waals surface area contributed by atoms with Crippen LogP contribution in [-0.4, -0.2) is 52.0 Å². The fourth-order valence-corrected chi connectivity index (χ4v) is 4.29. The van der Waals surface area contributed by atoms with Crippen LogP contribution in [0.2, 0.25) is 0 Å². The Morgan fingerprint density at radius 3 is 2.76 bits per heavy atom. The molecule has 0 bridgehead atoms. The molecular formula is C21H30N6O2. The second-order valence-electron chi connectivity index (χ2n) is 8.92. The van der Waals surface area contributed by atoms with Gasteiger partial charge in [0.05, 0.1) is 30.6 Å². The highest BCUT2D eigenvalue weighted by Crippen LogP contribution is 2.40. The maximum atomic E-state index is 12.7. The number of nitrogens with zero attached hydrogens (tertiary/aromatic N) is 5. The first kappa shape index (κ1) is 19.8. The average Bonchev–Trinajstić information content (AvgIpc) is 2.97. The average molecular weight is 399 g/mol. The highest BCUT2D eigenvalue weighted by atomic mass is 16.5. The quantitative estimate of drug-likeness (QED) is 0.847. The Morgan fingerprint density at radius 2 is 2.07 bits per heavy atom. The van der Waals surface area contributed by atoms with Gasteiger partial charge in [-0.3, -0.25) is 9.48 Å². The summed E-state index contributed by atoms with van der Waals surface area (Å²) in [5.41, 5.74) is 4.03. The van der Waals surface area contributed by atoms with Crippen molar-refractivity contribution in [1.82, 2.24) is 25.1 Å². The Bertz CT molecular complexity index is 901. The molecular weight excluding hydrogens is 368 g/mol. The zero-order chi connectivity index (χ0) is 20.6. The van der Waals surface area contributed by atoms with Crippen LogP contribution in [0.1, 0.15) is 49.0 Å². The molecule has 1 aliphatic heterocycles. The van der Waals surface area contributed by atoms with Crippen LogP contribution in [0.25, 0.3) is 0 Å². The smallest absolute Gasteiger partial charge is 0.242 e. The minimum Gasteiger partial charge on any atom is -0.378 e. The van der Waals surface area contributed by atoms with Crippen molar-refractivity contribution in [2.45, 2.75) is 53.1 Å². The lowest BCUT2D eigenvalue weighted by Crippen LogP contribution is -2.40. The molecule has 2 aromatic heterocycles. The third kappa shape index (κ3) is 4.42. The fourth-order valence-electron chi connectivity index (χ4n) is 4.29. The lowest BCUT2D eigenvalue weighted by atomic mass is 9.74. The van der Waals surface area contributed by atoms with Crippen LogP contribution in [0.4, 0.5) is 5.95 Å². The van der Waals surface area contributed by atoms with Crippen molar-refractivity contribution in [2.75, 3.05) is 31.2 Å². The van der Waals surface area contributed by atoms with Gasteiger partial charge >= 0.3 is 0 Å². The van der Waals surface area contributed by atoms with Gasteiger partial charge in [0.25, 0.3) is 0 Å². The van der Waals surface area contributed by atoms with E-state index < -0.39 is 0 Å². The van der Waals surface area contributed by atoms with Gasteiger partial charge in [-0.15, -0.1) is 0 Å². The number of carbonyl (C=O) groups excluding carboxylic acids is 1. The van der Waals surface area contributed by atoms with Crippen LogP contribution in [0.15, 0.2) is 12.3 Å². The lowest BCUT2D eigenvalue weighted by molar-refractivity contribution is -0.122. The molecule has 1 fully saturated rings. The zero-order valence-corrected chi connectivity index (χ0v) is 17.7. The molecule has 156 valence electrons. The van der Waals surface area contributed by atoms with E-state index in [2.05, 4.69) is 34.1 Å². The molecule has 1 aliphatic carbocycles. The van der Waals surface area contributed by atoms with Crippen LogP contribution in [-0.2, 0) is 22.5 Å². The SMILES string of the molecule is Cc1cc(C)n(CC(=O)NC2CC(C)(C)Cc3nc(N4CCOCC4)ncc32)n1. The van der Waals surface area contributed by atoms with Crippen molar-refractivity contribution in [1.29, 1.82) is 0 Å². The van der Waals surface area contributed by atoms with Gasteiger partial charge in [-0.25, -0.2) is 9.97 Å². The normalized spacial score (nSPS) is 21.0. The Hall–Kier alpha value is -2.48. The minimum atomic E-state index is -0.0862. The summed E-state index contributed by atoms with van der Waals surface area (Å²) in [5.74, 6) is 0.722. The Kier molecular flexibility index (Phi) is 5.29. The number of rotatable bonds is 4. The van der Waals surface area contributed by atoms with Gasteiger partial charge in [-0.05, 0) is 38.2 Å². The maximum absolute atomic E-state index is 12.7. The van der Waals surface area contributed by atoms with E-state index in [-0.39, 0.29) is 23.9 Å². The van der Waals surface area contributed by atoms with E-state index in [4.69, 9.17) is 9.72 Å². The van der Waals surface area contributed by atoms with Gasteiger partial charge < -0.3 is 15.0 Å². The van der Waals surface area contributed by atoms with E-state index in [1.54, 1.807) is 4.68 Å². The topological polar surface area (TPSA) is 85.2 Å². The molecule has 1 atom stereocenters. The molecule has 1 N–H and O–H groups in total.